The summed E-state index contributed by atoms with van der Waals surface area (Å²) in [5.41, 5.74) is 3.55. The van der Waals surface area contributed by atoms with Gasteiger partial charge in [0.1, 0.15) is 0 Å². The third kappa shape index (κ3) is 4.68. The van der Waals surface area contributed by atoms with E-state index in [2.05, 4.69) is 10.0 Å². The molecule has 0 aliphatic carbocycles. The Hall–Kier alpha value is -3.17. The summed E-state index contributed by atoms with van der Waals surface area (Å²) in [4.78, 5) is 26.6. The number of hydrogen-bond acceptors (Lipinski definition) is 5. The van der Waals surface area contributed by atoms with Crippen molar-refractivity contribution in [2.75, 3.05) is 16.6 Å². The molecule has 3 aromatic rings. The quantitative estimate of drug-likeness (QED) is 0.590. The zero-order valence-corrected chi connectivity index (χ0v) is 19.3. The molecule has 9 heteroatoms. The van der Waals surface area contributed by atoms with Crippen LogP contribution < -0.4 is 10.0 Å². The Bertz CT molecular complexity index is 1280. The average Bonchev–Trinajstić information content (AvgIpc) is 3.26. The van der Waals surface area contributed by atoms with Gasteiger partial charge in [0, 0.05) is 31.4 Å². The number of nitrogens with zero attached hydrogens (tertiary/aromatic N) is 1. The van der Waals surface area contributed by atoms with Crippen LogP contribution in [0.1, 0.15) is 33.3 Å². The van der Waals surface area contributed by atoms with Gasteiger partial charge in [-0.1, -0.05) is 12.1 Å². The summed E-state index contributed by atoms with van der Waals surface area (Å²) < 4.78 is 28.6. The number of benzene rings is 2. The summed E-state index contributed by atoms with van der Waals surface area (Å²) in [5.74, 6) is -0.231. The number of fused-ring (bicyclic) bond motifs is 1. The number of sulfonamides is 1. The van der Waals surface area contributed by atoms with Gasteiger partial charge < -0.3 is 10.2 Å². The molecule has 1 aliphatic rings. The summed E-state index contributed by atoms with van der Waals surface area (Å²) >= 11 is 1.41. The molecular formula is C23H23N3O4S2. The molecule has 4 rings (SSSR count). The van der Waals surface area contributed by atoms with E-state index < -0.39 is 10.0 Å². The molecule has 0 fully saturated rings. The van der Waals surface area contributed by atoms with E-state index in [0.717, 1.165) is 17.5 Å². The van der Waals surface area contributed by atoms with E-state index in [-0.39, 0.29) is 16.7 Å². The summed E-state index contributed by atoms with van der Waals surface area (Å²) in [6.45, 7) is 4.15. The highest BCUT2D eigenvalue weighted by Crippen LogP contribution is 2.27. The number of aryl methyl sites for hydroxylation is 1. The van der Waals surface area contributed by atoms with Crippen molar-refractivity contribution < 1.29 is 18.0 Å². The van der Waals surface area contributed by atoms with Crippen LogP contribution in [0.4, 0.5) is 11.4 Å². The standard InChI is InChI=1S/C23H23N3O4S2/c1-15-12-19(24-16(2)27)7-8-22(15)32(29,30)25-20-6-5-17-9-10-26(14-18(17)13-20)23(28)21-4-3-11-31-21/h3-8,11-13,25H,9-10,14H2,1-2H3,(H,24,27). The van der Waals surface area contributed by atoms with Gasteiger partial charge in [0.05, 0.1) is 9.77 Å². The van der Waals surface area contributed by atoms with Gasteiger partial charge in [0.2, 0.25) is 5.91 Å². The second kappa shape index (κ2) is 8.76. The van der Waals surface area contributed by atoms with Crippen LogP contribution in [0.2, 0.25) is 0 Å². The maximum Gasteiger partial charge on any atom is 0.264 e. The Balaban J connectivity index is 1.54. The Morgan fingerprint density at radius 1 is 1.03 bits per heavy atom. The predicted octanol–water partition coefficient (Wildman–Crippen LogP) is 4.01. The van der Waals surface area contributed by atoms with E-state index in [4.69, 9.17) is 0 Å². The van der Waals surface area contributed by atoms with Crippen LogP contribution in [0.25, 0.3) is 0 Å². The van der Waals surface area contributed by atoms with Crippen LogP contribution in [0, 0.1) is 6.92 Å². The molecule has 0 saturated heterocycles. The molecular weight excluding hydrogens is 446 g/mol. The number of rotatable bonds is 5. The first-order valence-corrected chi connectivity index (χ1v) is 12.4. The number of carbonyl (C=O) groups is 2. The Morgan fingerprint density at radius 2 is 1.81 bits per heavy atom. The number of thiophene rings is 1. The number of anilines is 2. The maximum atomic E-state index is 13.0. The lowest BCUT2D eigenvalue weighted by atomic mass is 9.99. The topological polar surface area (TPSA) is 95.6 Å². The highest BCUT2D eigenvalue weighted by atomic mass is 32.2. The van der Waals surface area contributed by atoms with E-state index in [9.17, 15) is 18.0 Å². The van der Waals surface area contributed by atoms with Gasteiger partial charge in [-0.05, 0) is 71.8 Å². The lowest BCUT2D eigenvalue weighted by molar-refractivity contribution is -0.114. The molecule has 0 spiro atoms. The van der Waals surface area contributed by atoms with Crippen molar-refractivity contribution in [1.82, 2.24) is 4.90 Å². The molecule has 2 amide bonds. The molecule has 2 aromatic carbocycles. The fraction of sp³-hybridized carbons (Fsp3) is 0.217. The van der Waals surface area contributed by atoms with Crippen LogP contribution in [-0.2, 0) is 27.8 Å². The van der Waals surface area contributed by atoms with Crippen molar-refractivity contribution in [3.63, 3.8) is 0 Å². The van der Waals surface area contributed by atoms with Crippen molar-refractivity contribution in [2.24, 2.45) is 0 Å². The first-order chi connectivity index (χ1) is 15.2. The van der Waals surface area contributed by atoms with Gasteiger partial charge in [-0.3, -0.25) is 14.3 Å². The van der Waals surface area contributed by atoms with Crippen molar-refractivity contribution >= 4 is 44.5 Å². The van der Waals surface area contributed by atoms with Gasteiger partial charge in [-0.2, -0.15) is 0 Å². The molecule has 32 heavy (non-hydrogen) atoms. The molecule has 0 bridgehead atoms. The normalized spacial score (nSPS) is 13.4. The lowest BCUT2D eigenvalue weighted by Gasteiger charge is -2.29. The van der Waals surface area contributed by atoms with Gasteiger partial charge >= 0.3 is 0 Å². The van der Waals surface area contributed by atoms with E-state index in [1.807, 2.05) is 23.6 Å². The van der Waals surface area contributed by atoms with Crippen LogP contribution in [0.15, 0.2) is 58.8 Å². The predicted molar refractivity (Wildman–Crippen MR) is 125 cm³/mol. The molecule has 0 radical (unpaired) electrons. The Morgan fingerprint density at radius 3 is 2.50 bits per heavy atom. The van der Waals surface area contributed by atoms with Gasteiger partial charge in [0.25, 0.3) is 15.9 Å². The monoisotopic (exact) mass is 469 g/mol. The minimum absolute atomic E-state index is 0.00785. The van der Waals surface area contributed by atoms with E-state index in [1.54, 1.807) is 36.1 Å². The molecule has 0 unspecified atom stereocenters. The van der Waals surface area contributed by atoms with Gasteiger partial charge in [-0.15, -0.1) is 11.3 Å². The van der Waals surface area contributed by atoms with E-state index >= 15 is 0 Å². The maximum absolute atomic E-state index is 13.0. The highest BCUT2D eigenvalue weighted by Gasteiger charge is 2.24. The zero-order valence-electron chi connectivity index (χ0n) is 17.7. The fourth-order valence-electron chi connectivity index (χ4n) is 3.79. The average molecular weight is 470 g/mol. The third-order valence-corrected chi connectivity index (χ3v) is 7.67. The molecule has 0 atom stereocenters. The minimum Gasteiger partial charge on any atom is -0.333 e. The van der Waals surface area contributed by atoms with Crippen molar-refractivity contribution in [3.05, 3.63) is 75.5 Å². The molecule has 166 valence electrons. The van der Waals surface area contributed by atoms with E-state index in [1.165, 1.54) is 24.3 Å². The number of hydrogen-bond donors (Lipinski definition) is 2. The second-order valence-electron chi connectivity index (χ2n) is 7.70. The smallest absolute Gasteiger partial charge is 0.264 e. The summed E-state index contributed by atoms with van der Waals surface area (Å²) in [7, 11) is -3.82. The third-order valence-electron chi connectivity index (χ3n) is 5.27. The minimum atomic E-state index is -3.82. The largest absolute Gasteiger partial charge is 0.333 e. The zero-order chi connectivity index (χ0) is 22.9. The molecule has 2 heterocycles. The van der Waals surface area contributed by atoms with Gasteiger partial charge in [-0.25, -0.2) is 8.42 Å². The summed E-state index contributed by atoms with van der Waals surface area (Å²) in [6.07, 6.45) is 0.725. The van der Waals surface area contributed by atoms with E-state index in [0.29, 0.717) is 34.9 Å². The highest BCUT2D eigenvalue weighted by molar-refractivity contribution is 7.92. The molecule has 7 nitrogen and oxygen atoms in total. The first kappa shape index (κ1) is 22.0. The van der Waals surface area contributed by atoms with Crippen LogP contribution in [0.5, 0.6) is 0 Å². The summed E-state index contributed by atoms with van der Waals surface area (Å²) in [6, 6.07) is 13.8. The van der Waals surface area contributed by atoms with Crippen molar-refractivity contribution in [1.29, 1.82) is 0 Å². The Kier molecular flexibility index (Phi) is 6.03. The number of carbonyl (C=O) groups excluding carboxylic acids is 2. The fourth-order valence-corrected chi connectivity index (χ4v) is 5.76. The first-order valence-electron chi connectivity index (χ1n) is 10.1. The number of nitrogens with one attached hydrogen (secondary N) is 2. The van der Waals surface area contributed by atoms with Crippen LogP contribution in [-0.4, -0.2) is 31.7 Å². The molecule has 1 aromatic heterocycles. The van der Waals surface area contributed by atoms with Crippen molar-refractivity contribution in [3.8, 4) is 0 Å². The SMILES string of the molecule is CC(=O)Nc1ccc(S(=O)(=O)Nc2ccc3c(c2)CN(C(=O)c2cccs2)CC3)c(C)c1. The molecule has 0 saturated carbocycles. The van der Waals surface area contributed by atoms with Crippen molar-refractivity contribution in [2.45, 2.75) is 31.7 Å². The molecule has 2 N–H and O–H groups in total. The molecule has 1 aliphatic heterocycles. The van der Waals surface area contributed by atoms with Gasteiger partial charge in [0.15, 0.2) is 0 Å². The summed E-state index contributed by atoms with van der Waals surface area (Å²) in [5, 5.41) is 4.52. The number of amides is 2. The van der Waals surface area contributed by atoms with Crippen LogP contribution >= 0.6 is 11.3 Å². The lowest BCUT2D eigenvalue weighted by Crippen LogP contribution is -2.35. The Labute approximate surface area is 191 Å². The second-order valence-corrected chi connectivity index (χ2v) is 10.3. The van der Waals surface area contributed by atoms with Crippen LogP contribution in [0.3, 0.4) is 0 Å².